The van der Waals surface area contributed by atoms with Gasteiger partial charge in [-0.2, -0.15) is 4.98 Å². The van der Waals surface area contributed by atoms with E-state index in [4.69, 9.17) is 0 Å². The summed E-state index contributed by atoms with van der Waals surface area (Å²) in [5.74, 6) is -0.207. The maximum atomic E-state index is 11.8. The van der Waals surface area contributed by atoms with Crippen LogP contribution in [0.2, 0.25) is 0 Å². The van der Waals surface area contributed by atoms with E-state index in [-0.39, 0.29) is 17.6 Å². The lowest BCUT2D eigenvalue weighted by Gasteiger charge is -2.00. The molecule has 0 spiro atoms. The van der Waals surface area contributed by atoms with E-state index in [1.165, 1.54) is 11.3 Å². The SMILES string of the molecule is Cc1cc(C)n2nc(SCC(=O)NC(=O)c3cccs3)nc2n1. The number of aromatic nitrogens is 4. The Bertz CT molecular complexity index is 873. The van der Waals surface area contributed by atoms with E-state index >= 15 is 0 Å². The minimum absolute atomic E-state index is 0.0615. The minimum Gasteiger partial charge on any atom is -0.291 e. The lowest BCUT2D eigenvalue weighted by Crippen LogP contribution is -2.31. The number of aryl methyl sites for hydroxylation is 2. The molecule has 23 heavy (non-hydrogen) atoms. The highest BCUT2D eigenvalue weighted by Crippen LogP contribution is 2.15. The number of imide groups is 1. The summed E-state index contributed by atoms with van der Waals surface area (Å²) < 4.78 is 1.63. The van der Waals surface area contributed by atoms with Gasteiger partial charge in [-0.15, -0.1) is 16.4 Å². The van der Waals surface area contributed by atoms with Crippen LogP contribution in [-0.2, 0) is 4.79 Å². The van der Waals surface area contributed by atoms with Gasteiger partial charge < -0.3 is 0 Å². The van der Waals surface area contributed by atoms with E-state index in [0.717, 1.165) is 23.1 Å². The lowest BCUT2D eigenvalue weighted by atomic mass is 10.4. The van der Waals surface area contributed by atoms with Gasteiger partial charge in [0, 0.05) is 11.4 Å². The molecule has 0 saturated heterocycles. The summed E-state index contributed by atoms with van der Waals surface area (Å²) in [4.78, 5) is 32.7. The number of amides is 2. The van der Waals surface area contributed by atoms with Crippen LogP contribution in [0, 0.1) is 13.8 Å². The molecule has 0 aliphatic carbocycles. The van der Waals surface area contributed by atoms with Gasteiger partial charge in [0.05, 0.1) is 10.6 Å². The van der Waals surface area contributed by atoms with Crippen molar-refractivity contribution in [2.45, 2.75) is 19.0 Å². The average Bonchev–Trinajstić information content (AvgIpc) is 3.14. The van der Waals surface area contributed by atoms with Crippen LogP contribution in [0.5, 0.6) is 0 Å². The van der Waals surface area contributed by atoms with Crippen molar-refractivity contribution < 1.29 is 9.59 Å². The summed E-state index contributed by atoms with van der Waals surface area (Å²) in [6.07, 6.45) is 0. The van der Waals surface area contributed by atoms with Crippen molar-refractivity contribution in [1.29, 1.82) is 0 Å². The molecule has 9 heteroatoms. The predicted molar refractivity (Wildman–Crippen MR) is 87.8 cm³/mol. The van der Waals surface area contributed by atoms with Crippen LogP contribution < -0.4 is 5.32 Å². The Balaban J connectivity index is 1.63. The summed E-state index contributed by atoms with van der Waals surface area (Å²) in [7, 11) is 0. The highest BCUT2D eigenvalue weighted by molar-refractivity contribution is 7.99. The number of nitrogens with one attached hydrogen (secondary N) is 1. The number of carbonyl (C=O) groups is 2. The molecule has 0 unspecified atom stereocenters. The molecule has 1 N–H and O–H groups in total. The fourth-order valence-corrected chi connectivity index (χ4v) is 3.21. The molecule has 0 bridgehead atoms. The van der Waals surface area contributed by atoms with Gasteiger partial charge >= 0.3 is 0 Å². The highest BCUT2D eigenvalue weighted by Gasteiger charge is 2.14. The first-order valence-electron chi connectivity index (χ1n) is 6.74. The second-order valence-electron chi connectivity index (χ2n) is 4.79. The molecule has 3 heterocycles. The van der Waals surface area contributed by atoms with Gasteiger partial charge in [-0.1, -0.05) is 17.8 Å². The van der Waals surface area contributed by atoms with E-state index in [0.29, 0.717) is 15.8 Å². The summed E-state index contributed by atoms with van der Waals surface area (Å²) in [5, 5.41) is 8.87. The van der Waals surface area contributed by atoms with Gasteiger partial charge in [-0.05, 0) is 31.4 Å². The van der Waals surface area contributed by atoms with E-state index in [1.54, 1.807) is 22.0 Å². The van der Waals surface area contributed by atoms with Crippen LogP contribution in [0.1, 0.15) is 21.1 Å². The van der Waals surface area contributed by atoms with Gasteiger partial charge in [-0.25, -0.2) is 9.50 Å². The molecule has 0 aromatic carbocycles. The average molecular weight is 347 g/mol. The van der Waals surface area contributed by atoms with Gasteiger partial charge in [0.2, 0.25) is 11.1 Å². The number of thiophene rings is 1. The van der Waals surface area contributed by atoms with Crippen molar-refractivity contribution in [2.75, 3.05) is 5.75 Å². The third-order valence-corrected chi connectivity index (χ3v) is 4.64. The van der Waals surface area contributed by atoms with Crippen LogP contribution in [0.4, 0.5) is 0 Å². The maximum absolute atomic E-state index is 11.8. The number of nitrogens with zero attached hydrogens (tertiary/aromatic N) is 4. The highest BCUT2D eigenvalue weighted by atomic mass is 32.2. The first-order valence-corrected chi connectivity index (χ1v) is 8.61. The Morgan fingerprint density at radius 2 is 2.17 bits per heavy atom. The van der Waals surface area contributed by atoms with Gasteiger partial charge in [0.25, 0.3) is 11.7 Å². The Labute approximate surface area is 140 Å². The third kappa shape index (κ3) is 3.57. The number of fused-ring (bicyclic) bond motifs is 1. The lowest BCUT2D eigenvalue weighted by molar-refractivity contribution is -0.117. The van der Waals surface area contributed by atoms with Crippen LogP contribution in [0.25, 0.3) is 5.78 Å². The quantitative estimate of drug-likeness (QED) is 0.725. The zero-order valence-corrected chi connectivity index (χ0v) is 14.1. The van der Waals surface area contributed by atoms with Crippen LogP contribution in [0.3, 0.4) is 0 Å². The topological polar surface area (TPSA) is 89.3 Å². The zero-order chi connectivity index (χ0) is 16.4. The van der Waals surface area contributed by atoms with Crippen molar-refractivity contribution in [3.63, 3.8) is 0 Å². The second-order valence-corrected chi connectivity index (χ2v) is 6.68. The molecule has 3 aromatic heterocycles. The first-order chi connectivity index (χ1) is 11.0. The Morgan fingerprint density at radius 1 is 1.35 bits per heavy atom. The first kappa shape index (κ1) is 15.6. The molecule has 0 fully saturated rings. The number of carbonyl (C=O) groups excluding carboxylic acids is 2. The predicted octanol–water partition coefficient (Wildman–Crippen LogP) is 1.85. The molecule has 0 aliphatic rings. The minimum atomic E-state index is -0.387. The molecule has 0 saturated carbocycles. The van der Waals surface area contributed by atoms with E-state index in [2.05, 4.69) is 20.4 Å². The summed E-state index contributed by atoms with van der Waals surface area (Å²) in [5.41, 5.74) is 1.78. The van der Waals surface area contributed by atoms with Crippen molar-refractivity contribution in [2.24, 2.45) is 0 Å². The molecule has 0 atom stereocenters. The second kappa shape index (κ2) is 6.47. The Hall–Kier alpha value is -2.26. The summed E-state index contributed by atoms with van der Waals surface area (Å²) in [6.45, 7) is 3.80. The molecular weight excluding hydrogens is 334 g/mol. The van der Waals surface area contributed by atoms with Crippen molar-refractivity contribution in [3.05, 3.63) is 39.8 Å². The van der Waals surface area contributed by atoms with Crippen molar-refractivity contribution in [3.8, 4) is 0 Å². The number of hydrogen-bond donors (Lipinski definition) is 1. The normalized spacial score (nSPS) is 10.9. The molecule has 7 nitrogen and oxygen atoms in total. The van der Waals surface area contributed by atoms with Crippen molar-refractivity contribution in [1.82, 2.24) is 24.9 Å². The van der Waals surface area contributed by atoms with Crippen molar-refractivity contribution >= 4 is 40.7 Å². The monoisotopic (exact) mass is 347 g/mol. The van der Waals surface area contributed by atoms with Crippen LogP contribution in [0.15, 0.2) is 28.7 Å². The summed E-state index contributed by atoms with van der Waals surface area (Å²) in [6, 6.07) is 5.33. The van der Waals surface area contributed by atoms with Gasteiger partial charge in [-0.3, -0.25) is 14.9 Å². The number of thioether (sulfide) groups is 1. The fraction of sp³-hybridized carbons (Fsp3) is 0.214. The molecule has 2 amide bonds. The third-order valence-electron chi connectivity index (χ3n) is 2.93. The Kier molecular flexibility index (Phi) is 4.39. The molecular formula is C14H13N5O2S2. The van der Waals surface area contributed by atoms with Gasteiger partial charge in [0.1, 0.15) is 0 Å². The van der Waals surface area contributed by atoms with Crippen LogP contribution >= 0.6 is 23.1 Å². The number of rotatable bonds is 4. The smallest absolute Gasteiger partial charge is 0.267 e. The molecule has 118 valence electrons. The number of hydrogen-bond acceptors (Lipinski definition) is 7. The van der Waals surface area contributed by atoms with E-state index < -0.39 is 0 Å². The van der Waals surface area contributed by atoms with Crippen LogP contribution in [-0.4, -0.2) is 37.1 Å². The van der Waals surface area contributed by atoms with E-state index in [9.17, 15) is 9.59 Å². The molecule has 0 radical (unpaired) electrons. The van der Waals surface area contributed by atoms with Gasteiger partial charge in [0.15, 0.2) is 0 Å². The summed E-state index contributed by atoms with van der Waals surface area (Å²) >= 11 is 2.45. The Morgan fingerprint density at radius 3 is 2.91 bits per heavy atom. The fourth-order valence-electron chi connectivity index (χ4n) is 1.97. The zero-order valence-electron chi connectivity index (χ0n) is 12.4. The molecule has 3 aromatic rings. The standard InChI is InChI=1S/C14H13N5O2S2/c1-8-6-9(2)19-13(15-8)17-14(18-19)23-7-11(20)16-12(21)10-4-3-5-22-10/h3-6H,7H2,1-2H3,(H,16,20,21). The molecule has 0 aliphatic heterocycles. The maximum Gasteiger partial charge on any atom is 0.267 e. The molecule has 3 rings (SSSR count). The van der Waals surface area contributed by atoms with E-state index in [1.807, 2.05) is 19.9 Å². The largest absolute Gasteiger partial charge is 0.291 e.